The van der Waals surface area contributed by atoms with Crippen LogP contribution in [0.4, 0.5) is 25.1 Å². The lowest BCUT2D eigenvalue weighted by atomic mass is 9.80. The van der Waals surface area contributed by atoms with E-state index in [-0.39, 0.29) is 26.2 Å². The quantitative estimate of drug-likeness (QED) is 0.839. The molecule has 0 spiro atoms. The highest BCUT2D eigenvalue weighted by Crippen LogP contribution is 2.43. The Kier molecular flexibility index (Phi) is 4.25. The number of nitrogens with zero attached hydrogens (tertiary/aromatic N) is 3. The molecule has 0 aliphatic carbocycles. The van der Waals surface area contributed by atoms with Crippen molar-refractivity contribution in [1.29, 1.82) is 0 Å². The van der Waals surface area contributed by atoms with Gasteiger partial charge in [-0.1, -0.05) is 0 Å². The highest BCUT2D eigenvalue weighted by Gasteiger charge is 2.56. The van der Waals surface area contributed by atoms with E-state index in [1.54, 1.807) is 39.1 Å². The van der Waals surface area contributed by atoms with Gasteiger partial charge >= 0.3 is 6.09 Å². The van der Waals surface area contributed by atoms with Gasteiger partial charge in [-0.15, -0.1) is 0 Å². The highest BCUT2D eigenvalue weighted by molar-refractivity contribution is 5.68. The lowest BCUT2D eigenvalue weighted by molar-refractivity contribution is -0.154. The number of anilines is 2. The number of amides is 1. The number of nitrogen functional groups attached to an aromatic ring is 1. The van der Waals surface area contributed by atoms with Crippen molar-refractivity contribution in [2.24, 2.45) is 11.8 Å². The number of piperidine rings is 2. The lowest BCUT2D eigenvalue weighted by Gasteiger charge is -2.50. The molecule has 2 bridgehead atoms. The molecule has 25 heavy (non-hydrogen) atoms. The van der Waals surface area contributed by atoms with Crippen LogP contribution in [0.3, 0.4) is 0 Å². The SMILES string of the molecule is CC(C)(C)OC(=O)N1CC2CN(c3ccc(N)nc3)CC(C1)C2(F)F. The van der Waals surface area contributed by atoms with Gasteiger partial charge in [0.25, 0.3) is 5.92 Å². The summed E-state index contributed by atoms with van der Waals surface area (Å²) in [4.78, 5) is 19.6. The Morgan fingerprint density at radius 2 is 1.84 bits per heavy atom. The molecule has 1 aromatic rings. The number of ether oxygens (including phenoxy) is 1. The van der Waals surface area contributed by atoms with Gasteiger partial charge in [0, 0.05) is 26.2 Å². The van der Waals surface area contributed by atoms with Crippen LogP contribution in [0.15, 0.2) is 18.3 Å². The van der Waals surface area contributed by atoms with Gasteiger partial charge in [-0.3, -0.25) is 0 Å². The fraction of sp³-hybridized carbons (Fsp3) is 0.647. The summed E-state index contributed by atoms with van der Waals surface area (Å²) in [6.45, 7) is 5.58. The van der Waals surface area contributed by atoms with E-state index >= 15 is 0 Å². The summed E-state index contributed by atoms with van der Waals surface area (Å²) in [6.07, 6.45) is 1.07. The fourth-order valence-electron chi connectivity index (χ4n) is 3.42. The average Bonchev–Trinajstić information content (AvgIpc) is 2.45. The zero-order valence-electron chi connectivity index (χ0n) is 14.7. The smallest absolute Gasteiger partial charge is 0.410 e. The Balaban J connectivity index is 1.75. The minimum Gasteiger partial charge on any atom is -0.444 e. The molecule has 2 atom stereocenters. The van der Waals surface area contributed by atoms with Crippen LogP contribution in [-0.2, 0) is 4.74 Å². The standard InChI is InChI=1S/C17H24F2N4O2/c1-16(2,3)25-15(24)23-9-11-7-22(8-12(10-23)17(11,18)19)13-4-5-14(20)21-6-13/h4-6,11-12H,7-10H2,1-3H3,(H2,20,21). The van der Waals surface area contributed by atoms with Crippen LogP contribution in [0, 0.1) is 11.8 Å². The number of carbonyl (C=O) groups is 1. The third-order valence-corrected chi connectivity index (χ3v) is 4.64. The topological polar surface area (TPSA) is 71.7 Å². The van der Waals surface area contributed by atoms with Gasteiger partial charge in [0.15, 0.2) is 0 Å². The first-order chi connectivity index (χ1) is 11.6. The zero-order chi connectivity index (χ0) is 18.4. The summed E-state index contributed by atoms with van der Waals surface area (Å²) in [7, 11) is 0. The maximum Gasteiger partial charge on any atom is 0.410 e. The van der Waals surface area contributed by atoms with E-state index < -0.39 is 29.5 Å². The molecule has 0 aromatic carbocycles. The minimum atomic E-state index is -2.80. The largest absolute Gasteiger partial charge is 0.444 e. The maximum atomic E-state index is 14.6. The summed E-state index contributed by atoms with van der Waals surface area (Å²) in [5.41, 5.74) is 5.71. The van der Waals surface area contributed by atoms with Crippen LogP contribution in [-0.4, -0.2) is 53.7 Å². The van der Waals surface area contributed by atoms with Gasteiger partial charge in [0.1, 0.15) is 11.4 Å². The molecule has 138 valence electrons. The number of pyridine rings is 1. The third-order valence-electron chi connectivity index (χ3n) is 4.64. The van der Waals surface area contributed by atoms with Crippen LogP contribution >= 0.6 is 0 Å². The first kappa shape index (κ1) is 17.7. The van der Waals surface area contributed by atoms with E-state index in [0.29, 0.717) is 5.82 Å². The van der Waals surface area contributed by atoms with Crippen LogP contribution in [0.25, 0.3) is 0 Å². The van der Waals surface area contributed by atoms with Crippen molar-refractivity contribution in [1.82, 2.24) is 9.88 Å². The number of aromatic nitrogens is 1. The number of nitrogens with two attached hydrogens (primary N) is 1. The summed E-state index contributed by atoms with van der Waals surface area (Å²) in [6, 6.07) is 3.44. The van der Waals surface area contributed by atoms with Crippen molar-refractivity contribution in [3.8, 4) is 0 Å². The Morgan fingerprint density at radius 3 is 2.32 bits per heavy atom. The van der Waals surface area contributed by atoms with Crippen LogP contribution in [0.5, 0.6) is 0 Å². The molecule has 6 nitrogen and oxygen atoms in total. The number of rotatable bonds is 1. The molecule has 3 heterocycles. The van der Waals surface area contributed by atoms with Crippen molar-refractivity contribution in [2.45, 2.75) is 32.3 Å². The van der Waals surface area contributed by atoms with Crippen molar-refractivity contribution in [2.75, 3.05) is 36.8 Å². The van der Waals surface area contributed by atoms with Crippen molar-refractivity contribution < 1.29 is 18.3 Å². The predicted octanol–water partition coefficient (Wildman–Crippen LogP) is 2.60. The predicted molar refractivity (Wildman–Crippen MR) is 90.6 cm³/mol. The third kappa shape index (κ3) is 3.62. The Bertz CT molecular complexity index is 627. The highest BCUT2D eigenvalue weighted by atomic mass is 19.3. The molecule has 2 aliphatic heterocycles. The molecule has 2 saturated heterocycles. The number of hydrogen-bond acceptors (Lipinski definition) is 5. The molecular weight excluding hydrogens is 330 g/mol. The number of fused-ring (bicyclic) bond motifs is 2. The Hall–Kier alpha value is -2.12. The molecular formula is C17H24F2N4O2. The van der Waals surface area contributed by atoms with Gasteiger partial charge < -0.3 is 20.3 Å². The molecule has 8 heteroatoms. The molecule has 3 rings (SSSR count). The first-order valence-electron chi connectivity index (χ1n) is 8.38. The summed E-state index contributed by atoms with van der Waals surface area (Å²) in [5, 5.41) is 0. The second kappa shape index (κ2) is 6.00. The van der Waals surface area contributed by atoms with Gasteiger partial charge in [-0.2, -0.15) is 0 Å². The number of carbonyl (C=O) groups excluding carboxylic acids is 1. The fourth-order valence-corrected chi connectivity index (χ4v) is 3.42. The van der Waals surface area contributed by atoms with E-state index in [9.17, 15) is 13.6 Å². The molecule has 0 saturated carbocycles. The number of alkyl halides is 2. The van der Waals surface area contributed by atoms with Gasteiger partial charge in [0.2, 0.25) is 0 Å². The van der Waals surface area contributed by atoms with E-state index in [0.717, 1.165) is 5.69 Å². The Morgan fingerprint density at radius 1 is 1.24 bits per heavy atom. The summed E-state index contributed by atoms with van der Waals surface area (Å²) >= 11 is 0. The maximum absolute atomic E-state index is 14.6. The van der Waals surface area contributed by atoms with Gasteiger partial charge in [0.05, 0.1) is 23.7 Å². The number of halogens is 2. The van der Waals surface area contributed by atoms with Crippen molar-refractivity contribution in [3.63, 3.8) is 0 Å². The lowest BCUT2D eigenvalue weighted by Crippen LogP contribution is -2.64. The molecule has 1 amide bonds. The molecule has 2 N–H and O–H groups in total. The normalized spacial score (nSPS) is 25.6. The number of likely N-dealkylation sites (tertiary alicyclic amines) is 1. The molecule has 1 aromatic heterocycles. The number of hydrogen-bond donors (Lipinski definition) is 1. The second-order valence-corrected chi connectivity index (χ2v) is 7.80. The van der Waals surface area contributed by atoms with Crippen molar-refractivity contribution in [3.05, 3.63) is 18.3 Å². The van der Waals surface area contributed by atoms with E-state index in [2.05, 4.69) is 4.98 Å². The monoisotopic (exact) mass is 354 g/mol. The summed E-state index contributed by atoms with van der Waals surface area (Å²) in [5.74, 6) is -4.28. The Labute approximate surface area is 145 Å². The van der Waals surface area contributed by atoms with Crippen LogP contribution < -0.4 is 10.6 Å². The van der Waals surface area contributed by atoms with Crippen LogP contribution in [0.2, 0.25) is 0 Å². The molecule has 2 aliphatic rings. The van der Waals surface area contributed by atoms with E-state index in [1.165, 1.54) is 4.90 Å². The van der Waals surface area contributed by atoms with Gasteiger partial charge in [-0.25, -0.2) is 18.6 Å². The van der Waals surface area contributed by atoms with Crippen molar-refractivity contribution >= 4 is 17.6 Å². The summed E-state index contributed by atoms with van der Waals surface area (Å²) < 4.78 is 34.5. The second-order valence-electron chi connectivity index (χ2n) is 7.80. The van der Waals surface area contributed by atoms with Gasteiger partial charge in [-0.05, 0) is 32.9 Å². The molecule has 2 unspecified atom stereocenters. The minimum absolute atomic E-state index is 0.0166. The average molecular weight is 354 g/mol. The zero-order valence-corrected chi connectivity index (χ0v) is 14.7. The molecule has 0 radical (unpaired) electrons. The van der Waals surface area contributed by atoms with Crippen LogP contribution in [0.1, 0.15) is 20.8 Å². The van der Waals surface area contributed by atoms with E-state index in [1.807, 2.05) is 4.90 Å². The first-order valence-corrected chi connectivity index (χ1v) is 8.38. The van der Waals surface area contributed by atoms with E-state index in [4.69, 9.17) is 10.5 Å². The molecule has 2 fully saturated rings.